The van der Waals surface area contributed by atoms with Gasteiger partial charge in [-0.2, -0.15) is 0 Å². The van der Waals surface area contributed by atoms with Gasteiger partial charge in [0.1, 0.15) is 0 Å². The third-order valence-electron chi connectivity index (χ3n) is 3.22. The standard InChI is InChI=1S/C16H20N2/c1-13(2)16(14-7-4-3-5-8-14)12-18-15-9-6-10-17-11-15/h3-11,13,16,18H,12H2,1-2H3. The van der Waals surface area contributed by atoms with E-state index in [9.17, 15) is 0 Å². The second kappa shape index (κ2) is 6.20. The van der Waals surface area contributed by atoms with E-state index in [2.05, 4.69) is 60.5 Å². The molecule has 2 aromatic rings. The van der Waals surface area contributed by atoms with Crippen molar-refractivity contribution in [2.45, 2.75) is 19.8 Å². The molecule has 0 fully saturated rings. The SMILES string of the molecule is CC(C)C(CNc1cccnc1)c1ccccc1. The number of nitrogens with zero attached hydrogens (tertiary/aromatic N) is 1. The van der Waals surface area contributed by atoms with E-state index >= 15 is 0 Å². The second-order valence-corrected chi connectivity index (χ2v) is 4.88. The molecule has 1 aromatic carbocycles. The van der Waals surface area contributed by atoms with Gasteiger partial charge in [0.2, 0.25) is 0 Å². The molecule has 0 saturated heterocycles. The van der Waals surface area contributed by atoms with Crippen molar-refractivity contribution in [2.75, 3.05) is 11.9 Å². The molecule has 1 N–H and O–H groups in total. The van der Waals surface area contributed by atoms with E-state index in [1.165, 1.54) is 5.56 Å². The molecule has 0 aliphatic carbocycles. The fourth-order valence-corrected chi connectivity index (χ4v) is 2.13. The molecule has 18 heavy (non-hydrogen) atoms. The van der Waals surface area contributed by atoms with Gasteiger partial charge in [-0.3, -0.25) is 4.98 Å². The summed E-state index contributed by atoms with van der Waals surface area (Å²) in [4.78, 5) is 4.12. The zero-order valence-electron chi connectivity index (χ0n) is 11.0. The molecular weight excluding hydrogens is 220 g/mol. The zero-order chi connectivity index (χ0) is 12.8. The average molecular weight is 240 g/mol. The Morgan fingerprint density at radius 2 is 1.83 bits per heavy atom. The van der Waals surface area contributed by atoms with Crippen LogP contribution in [0.1, 0.15) is 25.3 Å². The highest BCUT2D eigenvalue weighted by Gasteiger charge is 2.15. The van der Waals surface area contributed by atoms with Crippen LogP contribution in [-0.2, 0) is 0 Å². The fourth-order valence-electron chi connectivity index (χ4n) is 2.13. The number of benzene rings is 1. The van der Waals surface area contributed by atoms with Crippen LogP contribution in [0.25, 0.3) is 0 Å². The molecule has 1 heterocycles. The molecular formula is C16H20N2. The second-order valence-electron chi connectivity index (χ2n) is 4.88. The van der Waals surface area contributed by atoms with Crippen LogP contribution in [0.4, 0.5) is 5.69 Å². The van der Waals surface area contributed by atoms with E-state index in [1.807, 2.05) is 12.3 Å². The first-order valence-electron chi connectivity index (χ1n) is 6.46. The molecule has 2 rings (SSSR count). The minimum absolute atomic E-state index is 0.520. The maximum Gasteiger partial charge on any atom is 0.0526 e. The van der Waals surface area contributed by atoms with Crippen molar-refractivity contribution in [3.8, 4) is 0 Å². The van der Waals surface area contributed by atoms with Gasteiger partial charge >= 0.3 is 0 Å². The lowest BCUT2D eigenvalue weighted by Gasteiger charge is -2.22. The third kappa shape index (κ3) is 3.33. The Labute approximate surface area is 109 Å². The maximum absolute atomic E-state index is 4.12. The molecule has 94 valence electrons. The van der Waals surface area contributed by atoms with E-state index in [1.54, 1.807) is 6.20 Å². The predicted molar refractivity (Wildman–Crippen MR) is 76.7 cm³/mol. The first-order valence-corrected chi connectivity index (χ1v) is 6.46. The van der Waals surface area contributed by atoms with Crippen LogP contribution in [0.5, 0.6) is 0 Å². The molecule has 1 atom stereocenters. The molecule has 0 aliphatic heterocycles. The predicted octanol–water partition coefficient (Wildman–Crippen LogP) is 3.93. The first-order chi connectivity index (χ1) is 8.77. The van der Waals surface area contributed by atoms with Crippen molar-refractivity contribution in [1.29, 1.82) is 0 Å². The summed E-state index contributed by atoms with van der Waals surface area (Å²) in [6.07, 6.45) is 3.66. The number of pyridine rings is 1. The van der Waals surface area contributed by atoms with Gasteiger partial charge in [-0.1, -0.05) is 44.2 Å². The Hall–Kier alpha value is -1.83. The number of anilines is 1. The van der Waals surface area contributed by atoms with E-state index in [4.69, 9.17) is 0 Å². The van der Waals surface area contributed by atoms with Gasteiger partial charge in [0.15, 0.2) is 0 Å². The molecule has 1 aromatic heterocycles. The van der Waals surface area contributed by atoms with Crippen LogP contribution < -0.4 is 5.32 Å². The van der Waals surface area contributed by atoms with Gasteiger partial charge in [-0.05, 0) is 23.6 Å². The lowest BCUT2D eigenvalue weighted by atomic mass is 9.88. The summed E-state index contributed by atoms with van der Waals surface area (Å²) in [5, 5.41) is 3.46. The van der Waals surface area contributed by atoms with Gasteiger partial charge in [0.05, 0.1) is 5.69 Å². The van der Waals surface area contributed by atoms with Crippen LogP contribution in [0.15, 0.2) is 54.9 Å². The Kier molecular flexibility index (Phi) is 4.35. The molecule has 0 radical (unpaired) electrons. The molecule has 0 bridgehead atoms. The summed E-state index contributed by atoms with van der Waals surface area (Å²) in [7, 11) is 0. The normalized spacial score (nSPS) is 12.4. The Bertz CT molecular complexity index is 451. The Morgan fingerprint density at radius 1 is 1.06 bits per heavy atom. The van der Waals surface area contributed by atoms with E-state index in [0.29, 0.717) is 11.8 Å². The van der Waals surface area contributed by atoms with Crippen molar-refractivity contribution >= 4 is 5.69 Å². The highest BCUT2D eigenvalue weighted by molar-refractivity contribution is 5.40. The van der Waals surface area contributed by atoms with Crippen LogP contribution in [-0.4, -0.2) is 11.5 Å². The van der Waals surface area contributed by atoms with Crippen LogP contribution in [0.2, 0.25) is 0 Å². The summed E-state index contributed by atoms with van der Waals surface area (Å²) >= 11 is 0. The van der Waals surface area contributed by atoms with Gasteiger partial charge < -0.3 is 5.32 Å². The lowest BCUT2D eigenvalue weighted by Crippen LogP contribution is -2.17. The highest BCUT2D eigenvalue weighted by Crippen LogP contribution is 2.24. The number of hydrogen-bond donors (Lipinski definition) is 1. The summed E-state index contributed by atoms with van der Waals surface area (Å²) in [5.41, 5.74) is 2.47. The smallest absolute Gasteiger partial charge is 0.0526 e. The van der Waals surface area contributed by atoms with Crippen molar-refractivity contribution in [2.24, 2.45) is 5.92 Å². The summed E-state index contributed by atoms with van der Waals surface area (Å²) < 4.78 is 0. The van der Waals surface area contributed by atoms with Gasteiger partial charge in [0, 0.05) is 24.9 Å². The summed E-state index contributed by atoms with van der Waals surface area (Å²) in [6, 6.07) is 14.7. The number of aromatic nitrogens is 1. The first kappa shape index (κ1) is 12.6. The third-order valence-corrected chi connectivity index (χ3v) is 3.22. The highest BCUT2D eigenvalue weighted by atomic mass is 14.9. The topological polar surface area (TPSA) is 24.9 Å². The van der Waals surface area contributed by atoms with Crippen LogP contribution in [0, 0.1) is 5.92 Å². The van der Waals surface area contributed by atoms with Gasteiger partial charge in [0.25, 0.3) is 0 Å². The Balaban J connectivity index is 2.04. The molecule has 2 heteroatoms. The lowest BCUT2D eigenvalue weighted by molar-refractivity contribution is 0.517. The van der Waals surface area contributed by atoms with Crippen molar-refractivity contribution in [3.05, 3.63) is 60.4 Å². The number of nitrogens with one attached hydrogen (secondary N) is 1. The van der Waals surface area contributed by atoms with Crippen molar-refractivity contribution < 1.29 is 0 Å². The maximum atomic E-state index is 4.12. The monoisotopic (exact) mass is 240 g/mol. The zero-order valence-corrected chi connectivity index (χ0v) is 11.0. The van der Waals surface area contributed by atoms with Crippen LogP contribution in [0.3, 0.4) is 0 Å². The van der Waals surface area contributed by atoms with Gasteiger partial charge in [-0.25, -0.2) is 0 Å². The van der Waals surface area contributed by atoms with Crippen molar-refractivity contribution in [1.82, 2.24) is 4.98 Å². The minimum atomic E-state index is 0.520. The fraction of sp³-hybridized carbons (Fsp3) is 0.312. The van der Waals surface area contributed by atoms with E-state index in [0.717, 1.165) is 12.2 Å². The molecule has 0 spiro atoms. The average Bonchev–Trinajstić information content (AvgIpc) is 2.41. The quantitative estimate of drug-likeness (QED) is 0.856. The number of rotatable bonds is 5. The Morgan fingerprint density at radius 3 is 2.44 bits per heavy atom. The molecule has 0 amide bonds. The molecule has 0 aliphatic rings. The largest absolute Gasteiger partial charge is 0.383 e. The summed E-state index contributed by atoms with van der Waals surface area (Å²) in [5.74, 6) is 1.13. The van der Waals surface area contributed by atoms with Crippen molar-refractivity contribution in [3.63, 3.8) is 0 Å². The minimum Gasteiger partial charge on any atom is -0.383 e. The van der Waals surface area contributed by atoms with E-state index < -0.39 is 0 Å². The van der Waals surface area contributed by atoms with E-state index in [-0.39, 0.29) is 0 Å². The molecule has 0 saturated carbocycles. The molecule has 1 unspecified atom stereocenters. The van der Waals surface area contributed by atoms with Crippen LogP contribution >= 0.6 is 0 Å². The summed E-state index contributed by atoms with van der Waals surface area (Å²) in [6.45, 7) is 5.47. The number of hydrogen-bond acceptors (Lipinski definition) is 2. The molecule has 2 nitrogen and oxygen atoms in total. The van der Waals surface area contributed by atoms with Gasteiger partial charge in [-0.15, -0.1) is 0 Å².